The maximum absolute atomic E-state index is 13.6. The van der Waals surface area contributed by atoms with Gasteiger partial charge in [0.15, 0.2) is 0 Å². The van der Waals surface area contributed by atoms with E-state index in [0.29, 0.717) is 11.3 Å². The molecular weight excluding hydrogens is 265 g/mol. The number of thioether (sulfide) groups is 1. The summed E-state index contributed by atoms with van der Waals surface area (Å²) in [5.74, 6) is -0.619. The van der Waals surface area contributed by atoms with Gasteiger partial charge in [0.1, 0.15) is 5.82 Å². The van der Waals surface area contributed by atoms with Crippen LogP contribution in [0.15, 0.2) is 28.0 Å². The number of halogens is 1. The highest BCUT2D eigenvalue weighted by Gasteiger charge is 2.13. The van der Waals surface area contributed by atoms with Crippen molar-refractivity contribution < 1.29 is 17.9 Å². The minimum Gasteiger partial charge on any atom is -0.396 e. The molecule has 0 aliphatic carbocycles. The Balaban J connectivity index is 2.91. The third-order valence-corrected chi connectivity index (χ3v) is 4.23. The molecule has 1 atom stereocenters. The molecule has 0 saturated carbocycles. The van der Waals surface area contributed by atoms with Gasteiger partial charge in [-0.05, 0) is 24.6 Å². The average molecular weight is 279 g/mol. The van der Waals surface area contributed by atoms with Gasteiger partial charge in [-0.2, -0.15) is 0 Å². The van der Waals surface area contributed by atoms with E-state index in [0.717, 1.165) is 6.07 Å². The second kappa shape index (κ2) is 5.81. The zero-order valence-electron chi connectivity index (χ0n) is 9.26. The lowest BCUT2D eigenvalue weighted by Gasteiger charge is -2.10. The van der Waals surface area contributed by atoms with Gasteiger partial charge in [0.2, 0.25) is 10.0 Å². The Bertz CT molecular complexity index is 490. The fourth-order valence-corrected chi connectivity index (χ4v) is 2.71. The minimum absolute atomic E-state index is 0.0328. The van der Waals surface area contributed by atoms with Gasteiger partial charge < -0.3 is 5.11 Å². The quantitative estimate of drug-likeness (QED) is 0.797. The van der Waals surface area contributed by atoms with Crippen molar-refractivity contribution in [2.24, 2.45) is 5.14 Å². The summed E-state index contributed by atoms with van der Waals surface area (Å²) in [5, 5.41) is 13.7. The molecule has 1 aromatic rings. The van der Waals surface area contributed by atoms with Crippen molar-refractivity contribution in [3.05, 3.63) is 24.0 Å². The summed E-state index contributed by atoms with van der Waals surface area (Å²) >= 11 is 1.24. The third-order valence-electron chi connectivity index (χ3n) is 2.10. The third kappa shape index (κ3) is 4.27. The Kier molecular flexibility index (Phi) is 4.93. The topological polar surface area (TPSA) is 80.4 Å². The number of primary sulfonamides is 1. The van der Waals surface area contributed by atoms with Crippen LogP contribution in [0.5, 0.6) is 0 Å². The van der Waals surface area contributed by atoms with E-state index in [1.807, 2.05) is 6.92 Å². The molecule has 0 spiro atoms. The number of nitrogens with two attached hydrogens (primary N) is 1. The fourth-order valence-electron chi connectivity index (χ4n) is 1.21. The molecule has 0 bridgehead atoms. The predicted octanol–water partition coefficient (Wildman–Crippen LogP) is 1.34. The number of hydrogen-bond donors (Lipinski definition) is 2. The predicted molar refractivity (Wildman–Crippen MR) is 64.8 cm³/mol. The van der Waals surface area contributed by atoms with E-state index in [1.165, 1.54) is 23.9 Å². The van der Waals surface area contributed by atoms with Crippen LogP contribution in [0.1, 0.15) is 13.3 Å². The largest absolute Gasteiger partial charge is 0.396 e. The first-order valence-corrected chi connectivity index (χ1v) is 7.37. The lowest BCUT2D eigenvalue weighted by molar-refractivity contribution is 0.289. The van der Waals surface area contributed by atoms with Crippen LogP contribution in [0, 0.1) is 5.82 Å². The summed E-state index contributed by atoms with van der Waals surface area (Å²) in [4.78, 5) is 0.104. The summed E-state index contributed by atoms with van der Waals surface area (Å²) in [6.07, 6.45) is 0.543. The zero-order chi connectivity index (χ0) is 13.1. The molecule has 0 aliphatic heterocycles. The smallest absolute Gasteiger partial charge is 0.238 e. The SMILES string of the molecule is CC(CCO)Sc1ccc(S(N)(=O)=O)cc1F. The van der Waals surface area contributed by atoms with Crippen molar-refractivity contribution >= 4 is 21.8 Å². The van der Waals surface area contributed by atoms with E-state index in [2.05, 4.69) is 0 Å². The van der Waals surface area contributed by atoms with Gasteiger partial charge in [0, 0.05) is 16.8 Å². The first-order valence-electron chi connectivity index (χ1n) is 4.94. The molecule has 0 heterocycles. The summed E-state index contributed by atoms with van der Waals surface area (Å²) in [6.45, 7) is 1.89. The van der Waals surface area contributed by atoms with Crippen LogP contribution in [-0.4, -0.2) is 25.4 Å². The van der Waals surface area contributed by atoms with Gasteiger partial charge in [-0.25, -0.2) is 17.9 Å². The maximum atomic E-state index is 13.6. The highest BCUT2D eigenvalue weighted by atomic mass is 32.2. The molecule has 0 fully saturated rings. The Labute approximate surface area is 104 Å². The molecule has 1 unspecified atom stereocenters. The molecule has 0 radical (unpaired) electrons. The molecular formula is C10H14FNO3S2. The number of sulfonamides is 1. The lowest BCUT2D eigenvalue weighted by atomic mass is 10.3. The highest BCUT2D eigenvalue weighted by Crippen LogP contribution is 2.28. The standard InChI is InChI=1S/C10H14FNO3S2/c1-7(4-5-13)16-10-3-2-8(6-9(10)11)17(12,14)15/h2-3,6-7,13H,4-5H2,1H3,(H2,12,14,15). The van der Waals surface area contributed by atoms with Gasteiger partial charge in [0.25, 0.3) is 0 Å². The first kappa shape index (κ1) is 14.4. The molecule has 4 nitrogen and oxygen atoms in total. The Morgan fingerprint density at radius 2 is 2.18 bits per heavy atom. The molecule has 3 N–H and O–H groups in total. The van der Waals surface area contributed by atoms with Crippen LogP contribution < -0.4 is 5.14 Å². The number of aliphatic hydroxyl groups excluding tert-OH is 1. The first-order chi connectivity index (χ1) is 7.84. The van der Waals surface area contributed by atoms with Crippen LogP contribution in [0.4, 0.5) is 4.39 Å². The maximum Gasteiger partial charge on any atom is 0.238 e. The number of rotatable bonds is 5. The van der Waals surface area contributed by atoms with Gasteiger partial charge in [-0.15, -0.1) is 11.8 Å². The molecule has 17 heavy (non-hydrogen) atoms. The Hall–Kier alpha value is -0.630. The normalized spacial score (nSPS) is 13.6. The molecule has 0 aromatic heterocycles. The van der Waals surface area contributed by atoms with E-state index in [4.69, 9.17) is 10.2 Å². The van der Waals surface area contributed by atoms with Crippen LogP contribution in [0.2, 0.25) is 0 Å². The van der Waals surface area contributed by atoms with Crippen LogP contribution in [0.3, 0.4) is 0 Å². The molecule has 1 rings (SSSR count). The molecule has 0 saturated heterocycles. The van der Waals surface area contributed by atoms with Crippen molar-refractivity contribution in [1.29, 1.82) is 0 Å². The van der Waals surface area contributed by atoms with Gasteiger partial charge in [0.05, 0.1) is 4.90 Å². The number of aliphatic hydroxyl groups is 1. The van der Waals surface area contributed by atoms with Crippen molar-refractivity contribution in [1.82, 2.24) is 0 Å². The molecule has 96 valence electrons. The summed E-state index contributed by atoms with van der Waals surface area (Å²) in [7, 11) is -3.87. The van der Waals surface area contributed by atoms with Gasteiger partial charge in [-0.1, -0.05) is 6.92 Å². The molecule has 0 aliphatic rings. The summed E-state index contributed by atoms with van der Waals surface area (Å²) in [5.41, 5.74) is 0. The number of benzene rings is 1. The molecule has 0 amide bonds. The van der Waals surface area contributed by atoms with Crippen molar-refractivity contribution in [2.75, 3.05) is 6.61 Å². The highest BCUT2D eigenvalue weighted by molar-refractivity contribution is 8.00. The van der Waals surface area contributed by atoms with Crippen molar-refractivity contribution in [2.45, 2.75) is 28.4 Å². The van der Waals surface area contributed by atoms with Crippen molar-refractivity contribution in [3.8, 4) is 0 Å². The fraction of sp³-hybridized carbons (Fsp3) is 0.400. The van der Waals surface area contributed by atoms with E-state index < -0.39 is 15.8 Å². The second-order valence-corrected chi connectivity index (χ2v) is 6.62. The van der Waals surface area contributed by atoms with Crippen LogP contribution in [-0.2, 0) is 10.0 Å². The molecule has 7 heteroatoms. The average Bonchev–Trinajstić information content (AvgIpc) is 2.20. The zero-order valence-corrected chi connectivity index (χ0v) is 10.9. The Morgan fingerprint density at radius 1 is 1.53 bits per heavy atom. The Morgan fingerprint density at radius 3 is 2.65 bits per heavy atom. The van der Waals surface area contributed by atoms with E-state index in [9.17, 15) is 12.8 Å². The minimum atomic E-state index is -3.87. The van der Waals surface area contributed by atoms with E-state index in [-0.39, 0.29) is 16.8 Å². The van der Waals surface area contributed by atoms with Crippen LogP contribution >= 0.6 is 11.8 Å². The second-order valence-electron chi connectivity index (χ2n) is 3.58. The lowest BCUT2D eigenvalue weighted by Crippen LogP contribution is -2.12. The number of hydrogen-bond acceptors (Lipinski definition) is 4. The summed E-state index contributed by atoms with van der Waals surface area (Å²) in [6, 6.07) is 3.56. The summed E-state index contributed by atoms with van der Waals surface area (Å²) < 4.78 is 35.6. The monoisotopic (exact) mass is 279 g/mol. The van der Waals surface area contributed by atoms with E-state index >= 15 is 0 Å². The van der Waals surface area contributed by atoms with Crippen LogP contribution in [0.25, 0.3) is 0 Å². The van der Waals surface area contributed by atoms with Gasteiger partial charge >= 0.3 is 0 Å². The van der Waals surface area contributed by atoms with Gasteiger partial charge in [-0.3, -0.25) is 0 Å². The molecule has 1 aromatic carbocycles. The van der Waals surface area contributed by atoms with E-state index in [1.54, 1.807) is 0 Å². The van der Waals surface area contributed by atoms with Crippen molar-refractivity contribution in [3.63, 3.8) is 0 Å².